The van der Waals surface area contributed by atoms with Gasteiger partial charge in [0.1, 0.15) is 6.33 Å². The Morgan fingerprint density at radius 2 is 2.26 bits per heavy atom. The fraction of sp³-hybridized carbons (Fsp3) is 0.250. The van der Waals surface area contributed by atoms with Crippen molar-refractivity contribution in [3.63, 3.8) is 0 Å². The standard InChI is InChI=1S/C12H14BrN5O/c1-8-3-4-9(5-10(8)13)16-12(19)14-6-11-17-15-7-18(11)2/h3-5,7H,6H2,1-2H3,(H2,14,16,19). The average Bonchev–Trinajstić information content (AvgIpc) is 2.77. The first-order chi connectivity index (χ1) is 9.06. The molecule has 2 N–H and O–H groups in total. The molecule has 0 radical (unpaired) electrons. The molecule has 0 saturated carbocycles. The minimum Gasteiger partial charge on any atom is -0.331 e. The average molecular weight is 324 g/mol. The number of carbonyl (C=O) groups is 1. The van der Waals surface area contributed by atoms with Crippen LogP contribution in [0.3, 0.4) is 0 Å². The van der Waals surface area contributed by atoms with Gasteiger partial charge in [0.05, 0.1) is 6.54 Å². The lowest BCUT2D eigenvalue weighted by Crippen LogP contribution is -2.29. The van der Waals surface area contributed by atoms with E-state index in [4.69, 9.17) is 0 Å². The quantitative estimate of drug-likeness (QED) is 0.909. The number of aromatic nitrogens is 3. The summed E-state index contributed by atoms with van der Waals surface area (Å²) in [5, 5.41) is 13.1. The van der Waals surface area contributed by atoms with Crippen LogP contribution in [0.5, 0.6) is 0 Å². The maximum atomic E-state index is 11.7. The van der Waals surface area contributed by atoms with Crippen molar-refractivity contribution in [2.45, 2.75) is 13.5 Å². The van der Waals surface area contributed by atoms with Crippen molar-refractivity contribution in [3.05, 3.63) is 40.4 Å². The number of urea groups is 1. The minimum atomic E-state index is -0.279. The molecule has 2 aromatic rings. The molecule has 19 heavy (non-hydrogen) atoms. The van der Waals surface area contributed by atoms with E-state index in [1.54, 1.807) is 10.9 Å². The second-order valence-electron chi connectivity index (χ2n) is 4.13. The molecule has 0 saturated heterocycles. The topological polar surface area (TPSA) is 71.8 Å². The van der Waals surface area contributed by atoms with Gasteiger partial charge < -0.3 is 15.2 Å². The third kappa shape index (κ3) is 3.54. The van der Waals surface area contributed by atoms with Gasteiger partial charge in [-0.1, -0.05) is 22.0 Å². The van der Waals surface area contributed by atoms with Crippen molar-refractivity contribution in [3.8, 4) is 0 Å². The molecule has 7 heteroatoms. The lowest BCUT2D eigenvalue weighted by atomic mass is 10.2. The Balaban J connectivity index is 1.91. The van der Waals surface area contributed by atoms with Gasteiger partial charge in [-0.25, -0.2) is 4.79 Å². The summed E-state index contributed by atoms with van der Waals surface area (Å²) in [4.78, 5) is 11.7. The van der Waals surface area contributed by atoms with Gasteiger partial charge in [0.25, 0.3) is 0 Å². The molecule has 1 heterocycles. The Morgan fingerprint density at radius 1 is 1.47 bits per heavy atom. The molecule has 0 fully saturated rings. The van der Waals surface area contributed by atoms with Gasteiger partial charge in [0.15, 0.2) is 5.82 Å². The first kappa shape index (κ1) is 13.5. The number of anilines is 1. The third-order valence-electron chi connectivity index (χ3n) is 2.64. The maximum absolute atomic E-state index is 11.7. The summed E-state index contributed by atoms with van der Waals surface area (Å²) in [6, 6.07) is 5.36. The number of halogens is 1. The zero-order valence-corrected chi connectivity index (χ0v) is 12.2. The number of amides is 2. The molecule has 0 spiro atoms. The lowest BCUT2D eigenvalue weighted by Gasteiger charge is -2.08. The Labute approximate surface area is 119 Å². The number of nitrogens with one attached hydrogen (secondary N) is 2. The fourth-order valence-electron chi connectivity index (χ4n) is 1.47. The van der Waals surface area contributed by atoms with Gasteiger partial charge in [-0.15, -0.1) is 10.2 Å². The summed E-state index contributed by atoms with van der Waals surface area (Å²) >= 11 is 3.42. The van der Waals surface area contributed by atoms with Gasteiger partial charge in [0.2, 0.25) is 0 Å². The molecule has 0 bridgehead atoms. The third-order valence-corrected chi connectivity index (χ3v) is 3.50. The number of carbonyl (C=O) groups excluding carboxylic acids is 1. The molecular weight excluding hydrogens is 310 g/mol. The number of nitrogens with zero attached hydrogens (tertiary/aromatic N) is 3. The molecule has 1 aromatic heterocycles. The molecular formula is C12H14BrN5O. The van der Waals surface area contributed by atoms with Gasteiger partial charge in [-0.05, 0) is 24.6 Å². The van der Waals surface area contributed by atoms with Crippen LogP contribution in [0.1, 0.15) is 11.4 Å². The van der Waals surface area contributed by atoms with Crippen LogP contribution in [-0.4, -0.2) is 20.8 Å². The van der Waals surface area contributed by atoms with E-state index in [1.165, 1.54) is 0 Å². The Kier molecular flexibility index (Phi) is 4.16. The number of benzene rings is 1. The largest absolute Gasteiger partial charge is 0.331 e. The van der Waals surface area contributed by atoms with E-state index < -0.39 is 0 Å². The summed E-state index contributed by atoms with van der Waals surface area (Å²) < 4.78 is 2.71. The molecule has 0 atom stereocenters. The summed E-state index contributed by atoms with van der Waals surface area (Å²) in [6.45, 7) is 2.32. The molecule has 1 aromatic carbocycles. The van der Waals surface area contributed by atoms with E-state index in [-0.39, 0.29) is 6.03 Å². The number of aryl methyl sites for hydroxylation is 2. The van der Waals surface area contributed by atoms with Crippen LogP contribution in [0.15, 0.2) is 29.0 Å². The van der Waals surface area contributed by atoms with E-state index in [2.05, 4.69) is 36.8 Å². The predicted octanol–water partition coefficient (Wildman–Crippen LogP) is 2.21. The van der Waals surface area contributed by atoms with Crippen LogP contribution in [-0.2, 0) is 13.6 Å². The van der Waals surface area contributed by atoms with Crippen LogP contribution >= 0.6 is 15.9 Å². The smallest absolute Gasteiger partial charge is 0.319 e. The van der Waals surface area contributed by atoms with Crippen molar-refractivity contribution in [1.82, 2.24) is 20.1 Å². The van der Waals surface area contributed by atoms with Crippen molar-refractivity contribution in [2.75, 3.05) is 5.32 Å². The van der Waals surface area contributed by atoms with Crippen molar-refractivity contribution in [2.24, 2.45) is 7.05 Å². The molecule has 2 rings (SSSR count). The van der Waals surface area contributed by atoms with Crippen molar-refractivity contribution in [1.29, 1.82) is 0 Å². The molecule has 0 aliphatic rings. The summed E-state index contributed by atoms with van der Waals surface area (Å²) in [7, 11) is 1.83. The molecule has 0 aliphatic carbocycles. The summed E-state index contributed by atoms with van der Waals surface area (Å²) in [5.74, 6) is 0.695. The van der Waals surface area contributed by atoms with Crippen LogP contribution in [0.4, 0.5) is 10.5 Å². The van der Waals surface area contributed by atoms with E-state index in [9.17, 15) is 4.79 Å². The number of rotatable bonds is 3. The molecule has 6 nitrogen and oxygen atoms in total. The van der Waals surface area contributed by atoms with Crippen LogP contribution in [0, 0.1) is 6.92 Å². The van der Waals surface area contributed by atoms with E-state index in [1.807, 2.05) is 32.2 Å². The predicted molar refractivity (Wildman–Crippen MR) is 75.7 cm³/mol. The van der Waals surface area contributed by atoms with Crippen LogP contribution in [0.2, 0.25) is 0 Å². The highest BCUT2D eigenvalue weighted by atomic mass is 79.9. The zero-order valence-electron chi connectivity index (χ0n) is 10.6. The molecule has 2 amide bonds. The highest BCUT2D eigenvalue weighted by Gasteiger charge is 2.05. The van der Waals surface area contributed by atoms with Gasteiger partial charge in [-0.3, -0.25) is 0 Å². The van der Waals surface area contributed by atoms with Gasteiger partial charge in [0, 0.05) is 17.2 Å². The van der Waals surface area contributed by atoms with Crippen LogP contribution < -0.4 is 10.6 Å². The first-order valence-electron chi connectivity index (χ1n) is 5.70. The fourth-order valence-corrected chi connectivity index (χ4v) is 1.85. The monoisotopic (exact) mass is 323 g/mol. The molecule has 0 aliphatic heterocycles. The first-order valence-corrected chi connectivity index (χ1v) is 6.49. The highest BCUT2D eigenvalue weighted by molar-refractivity contribution is 9.10. The van der Waals surface area contributed by atoms with Gasteiger partial charge in [-0.2, -0.15) is 0 Å². The van der Waals surface area contributed by atoms with Crippen molar-refractivity contribution >= 4 is 27.6 Å². The second kappa shape index (κ2) is 5.83. The number of hydrogen-bond acceptors (Lipinski definition) is 3. The normalized spacial score (nSPS) is 10.3. The maximum Gasteiger partial charge on any atom is 0.319 e. The SMILES string of the molecule is Cc1ccc(NC(=O)NCc2nncn2C)cc1Br. The van der Waals surface area contributed by atoms with E-state index >= 15 is 0 Å². The minimum absolute atomic E-state index is 0.279. The molecule has 0 unspecified atom stereocenters. The van der Waals surface area contributed by atoms with Crippen LogP contribution in [0.25, 0.3) is 0 Å². The van der Waals surface area contributed by atoms with E-state index in [0.717, 1.165) is 15.7 Å². The lowest BCUT2D eigenvalue weighted by molar-refractivity contribution is 0.251. The van der Waals surface area contributed by atoms with Crippen molar-refractivity contribution < 1.29 is 4.79 Å². The van der Waals surface area contributed by atoms with E-state index in [0.29, 0.717) is 12.4 Å². The highest BCUT2D eigenvalue weighted by Crippen LogP contribution is 2.20. The number of hydrogen-bond donors (Lipinski definition) is 2. The molecule has 100 valence electrons. The summed E-state index contributed by atoms with van der Waals surface area (Å²) in [5.41, 5.74) is 1.85. The second-order valence-corrected chi connectivity index (χ2v) is 4.98. The Morgan fingerprint density at radius 3 is 2.89 bits per heavy atom. The van der Waals surface area contributed by atoms with Gasteiger partial charge >= 0.3 is 6.03 Å². The Bertz CT molecular complexity index is 596. The Hall–Kier alpha value is -1.89. The summed E-state index contributed by atoms with van der Waals surface area (Å²) in [6.07, 6.45) is 1.59. The zero-order chi connectivity index (χ0) is 13.8.